The molecule has 1 aromatic rings. The minimum Gasteiger partial charge on any atom is -0.364 e. The van der Waals surface area contributed by atoms with E-state index >= 15 is 0 Å². The summed E-state index contributed by atoms with van der Waals surface area (Å²) in [5.74, 6) is 0. The van der Waals surface area contributed by atoms with Crippen LogP contribution < -0.4 is 5.73 Å². The van der Waals surface area contributed by atoms with Crippen LogP contribution >= 0.6 is 0 Å². The fraction of sp³-hybridized carbons (Fsp3) is 0.571. The highest BCUT2D eigenvalue weighted by atomic mass is 16.5. The highest BCUT2D eigenvalue weighted by Gasteiger charge is 2.05. The maximum atomic E-state index is 5.75. The molecule has 0 aromatic carbocycles. The van der Waals surface area contributed by atoms with E-state index in [4.69, 9.17) is 5.73 Å². The van der Waals surface area contributed by atoms with E-state index in [1.807, 2.05) is 0 Å². The number of nitrogens with two attached hydrogens (primary N) is 1. The van der Waals surface area contributed by atoms with E-state index < -0.39 is 0 Å². The van der Waals surface area contributed by atoms with Gasteiger partial charge in [0.25, 0.3) is 0 Å². The fourth-order valence-corrected chi connectivity index (χ4v) is 0.874. The third-order valence-corrected chi connectivity index (χ3v) is 1.48. The van der Waals surface area contributed by atoms with Crippen molar-refractivity contribution in [1.29, 1.82) is 0 Å². The average molecular weight is 140 g/mol. The molecule has 1 heterocycles. The van der Waals surface area contributed by atoms with Gasteiger partial charge in [0.15, 0.2) is 0 Å². The molecule has 0 radical (unpaired) electrons. The summed E-state index contributed by atoms with van der Waals surface area (Å²) in [6.45, 7) is 2.10. The molecule has 0 saturated heterocycles. The van der Waals surface area contributed by atoms with Crippen molar-refractivity contribution < 1.29 is 4.52 Å². The van der Waals surface area contributed by atoms with Crippen molar-refractivity contribution in [1.82, 2.24) is 5.16 Å². The lowest BCUT2D eigenvalue weighted by molar-refractivity contribution is 0.417. The first-order valence-electron chi connectivity index (χ1n) is 3.49. The SMILES string of the molecule is CCCC(N)c1cnoc1. The van der Waals surface area contributed by atoms with Crippen LogP contribution in [-0.4, -0.2) is 5.16 Å². The second-order valence-corrected chi connectivity index (χ2v) is 2.35. The smallest absolute Gasteiger partial charge is 0.128 e. The van der Waals surface area contributed by atoms with Crippen LogP contribution in [0.1, 0.15) is 31.4 Å². The van der Waals surface area contributed by atoms with Crippen LogP contribution in [0, 0.1) is 0 Å². The summed E-state index contributed by atoms with van der Waals surface area (Å²) in [5.41, 5.74) is 6.74. The molecule has 1 aromatic heterocycles. The van der Waals surface area contributed by atoms with Crippen LogP contribution in [0.15, 0.2) is 17.0 Å². The lowest BCUT2D eigenvalue weighted by Gasteiger charge is -2.04. The molecule has 1 atom stereocenters. The van der Waals surface area contributed by atoms with E-state index in [9.17, 15) is 0 Å². The molecule has 0 aliphatic heterocycles. The topological polar surface area (TPSA) is 52.0 Å². The minimum atomic E-state index is 0.0937. The molecular weight excluding hydrogens is 128 g/mol. The normalized spacial score (nSPS) is 13.4. The number of hydrogen-bond acceptors (Lipinski definition) is 3. The van der Waals surface area contributed by atoms with Gasteiger partial charge in [0, 0.05) is 11.6 Å². The number of rotatable bonds is 3. The molecule has 0 amide bonds. The van der Waals surface area contributed by atoms with Crippen molar-refractivity contribution >= 4 is 0 Å². The summed E-state index contributed by atoms with van der Waals surface area (Å²) in [6, 6.07) is 0.0937. The van der Waals surface area contributed by atoms with Crippen LogP contribution in [-0.2, 0) is 0 Å². The molecule has 10 heavy (non-hydrogen) atoms. The zero-order valence-corrected chi connectivity index (χ0v) is 6.08. The molecule has 0 saturated carbocycles. The van der Waals surface area contributed by atoms with Crippen LogP contribution in [0.5, 0.6) is 0 Å². The Bertz CT molecular complexity index is 172. The molecule has 3 heteroatoms. The van der Waals surface area contributed by atoms with Crippen molar-refractivity contribution in [3.05, 3.63) is 18.0 Å². The largest absolute Gasteiger partial charge is 0.364 e. The van der Waals surface area contributed by atoms with Crippen molar-refractivity contribution in [2.75, 3.05) is 0 Å². The van der Waals surface area contributed by atoms with E-state index in [1.165, 1.54) is 0 Å². The highest BCUT2D eigenvalue weighted by Crippen LogP contribution is 2.13. The van der Waals surface area contributed by atoms with Gasteiger partial charge in [-0.05, 0) is 6.42 Å². The Hall–Kier alpha value is -0.830. The van der Waals surface area contributed by atoms with Gasteiger partial charge in [-0.1, -0.05) is 18.5 Å². The second kappa shape index (κ2) is 3.37. The Labute approximate surface area is 60.2 Å². The Morgan fingerprint density at radius 3 is 3.10 bits per heavy atom. The quantitative estimate of drug-likeness (QED) is 0.691. The lowest BCUT2D eigenvalue weighted by atomic mass is 10.1. The van der Waals surface area contributed by atoms with Gasteiger partial charge in [0.1, 0.15) is 6.26 Å². The molecule has 56 valence electrons. The van der Waals surface area contributed by atoms with Gasteiger partial charge in [-0.25, -0.2) is 0 Å². The Morgan fingerprint density at radius 1 is 1.80 bits per heavy atom. The van der Waals surface area contributed by atoms with Crippen LogP contribution in [0.25, 0.3) is 0 Å². The van der Waals surface area contributed by atoms with Gasteiger partial charge in [0.05, 0.1) is 6.20 Å². The molecule has 3 nitrogen and oxygen atoms in total. The van der Waals surface area contributed by atoms with Crippen molar-refractivity contribution in [3.8, 4) is 0 Å². The van der Waals surface area contributed by atoms with E-state index in [1.54, 1.807) is 12.5 Å². The molecule has 0 fully saturated rings. The third-order valence-electron chi connectivity index (χ3n) is 1.48. The van der Waals surface area contributed by atoms with Crippen molar-refractivity contribution in [2.24, 2.45) is 5.73 Å². The Morgan fingerprint density at radius 2 is 2.60 bits per heavy atom. The van der Waals surface area contributed by atoms with Gasteiger partial charge in [-0.15, -0.1) is 0 Å². The number of hydrogen-bond donors (Lipinski definition) is 1. The van der Waals surface area contributed by atoms with E-state index in [-0.39, 0.29) is 6.04 Å². The van der Waals surface area contributed by atoms with Gasteiger partial charge in [-0.3, -0.25) is 0 Å². The monoisotopic (exact) mass is 140 g/mol. The summed E-state index contributed by atoms with van der Waals surface area (Å²) < 4.78 is 4.65. The van der Waals surface area contributed by atoms with Gasteiger partial charge in [0.2, 0.25) is 0 Å². The first-order chi connectivity index (χ1) is 4.84. The van der Waals surface area contributed by atoms with Gasteiger partial charge < -0.3 is 10.3 Å². The summed E-state index contributed by atoms with van der Waals surface area (Å²) in [4.78, 5) is 0. The lowest BCUT2D eigenvalue weighted by Crippen LogP contribution is -2.08. The maximum Gasteiger partial charge on any atom is 0.128 e. The first kappa shape index (κ1) is 7.28. The molecule has 1 rings (SSSR count). The van der Waals surface area contributed by atoms with Crippen molar-refractivity contribution in [2.45, 2.75) is 25.8 Å². The van der Waals surface area contributed by atoms with Gasteiger partial charge >= 0.3 is 0 Å². The molecule has 1 unspecified atom stereocenters. The Kier molecular flexibility index (Phi) is 2.45. The summed E-state index contributed by atoms with van der Waals surface area (Å²) in [7, 11) is 0. The first-order valence-corrected chi connectivity index (χ1v) is 3.49. The predicted octanol–water partition coefficient (Wildman–Crippen LogP) is 1.47. The molecule has 0 spiro atoms. The minimum absolute atomic E-state index is 0.0937. The number of aromatic nitrogens is 1. The summed E-state index contributed by atoms with van der Waals surface area (Å²) >= 11 is 0. The molecule has 0 aliphatic carbocycles. The maximum absolute atomic E-state index is 5.75. The van der Waals surface area contributed by atoms with Gasteiger partial charge in [-0.2, -0.15) is 0 Å². The molecule has 0 aliphatic rings. The molecule has 2 N–H and O–H groups in total. The van der Waals surface area contributed by atoms with Crippen LogP contribution in [0.3, 0.4) is 0 Å². The fourth-order valence-electron chi connectivity index (χ4n) is 0.874. The van der Waals surface area contributed by atoms with E-state index in [0.29, 0.717) is 0 Å². The Balaban J connectivity index is 2.50. The van der Waals surface area contributed by atoms with E-state index in [2.05, 4.69) is 16.6 Å². The zero-order chi connectivity index (χ0) is 7.40. The standard InChI is InChI=1S/C7H12N2O/c1-2-3-7(8)6-4-9-10-5-6/h4-5,7H,2-3,8H2,1H3. The average Bonchev–Trinajstić information content (AvgIpc) is 2.38. The predicted molar refractivity (Wildman–Crippen MR) is 38.3 cm³/mol. The molecule has 0 bridgehead atoms. The summed E-state index contributed by atoms with van der Waals surface area (Å²) in [6.07, 6.45) is 5.34. The highest BCUT2D eigenvalue weighted by molar-refractivity contribution is 5.05. The third kappa shape index (κ3) is 1.57. The molecular formula is C7H12N2O. The number of nitrogens with zero attached hydrogens (tertiary/aromatic N) is 1. The van der Waals surface area contributed by atoms with Crippen LogP contribution in [0.4, 0.5) is 0 Å². The summed E-state index contributed by atoms with van der Waals surface area (Å²) in [5, 5.41) is 3.57. The zero-order valence-electron chi connectivity index (χ0n) is 6.08. The second-order valence-electron chi connectivity index (χ2n) is 2.35. The van der Waals surface area contributed by atoms with Crippen LogP contribution in [0.2, 0.25) is 0 Å². The van der Waals surface area contributed by atoms with Crippen molar-refractivity contribution in [3.63, 3.8) is 0 Å². The van der Waals surface area contributed by atoms with E-state index in [0.717, 1.165) is 18.4 Å².